The van der Waals surface area contributed by atoms with Gasteiger partial charge in [0, 0.05) is 25.6 Å². The second-order valence-corrected chi connectivity index (χ2v) is 4.67. The van der Waals surface area contributed by atoms with Gasteiger partial charge >= 0.3 is 0 Å². The third-order valence-corrected chi connectivity index (χ3v) is 3.57. The van der Waals surface area contributed by atoms with Crippen LogP contribution in [-0.2, 0) is 0 Å². The molecule has 0 fully saturated rings. The van der Waals surface area contributed by atoms with Crippen LogP contribution < -0.4 is 10.5 Å². The van der Waals surface area contributed by atoms with Gasteiger partial charge in [-0.15, -0.1) is 11.3 Å². The zero-order chi connectivity index (χ0) is 10.1. The number of halogens is 1. The zero-order valence-electron chi connectivity index (χ0n) is 7.71. The molecule has 2 N–H and O–H groups in total. The Bertz CT molecular complexity index is 466. The van der Waals surface area contributed by atoms with Crippen LogP contribution >= 0.6 is 27.3 Å². The lowest BCUT2D eigenvalue weighted by Gasteiger charge is -2.02. The van der Waals surface area contributed by atoms with Crippen molar-refractivity contribution < 1.29 is 4.74 Å². The highest BCUT2D eigenvalue weighted by Crippen LogP contribution is 2.36. The fraction of sp³-hybridized carbons (Fsp3) is 0.200. The molecular formula is C10H10BrNOS. The van der Waals surface area contributed by atoms with Crippen molar-refractivity contribution in [2.75, 3.05) is 12.3 Å². The third kappa shape index (κ3) is 1.60. The second-order valence-electron chi connectivity index (χ2n) is 2.90. The number of thiophene rings is 1. The van der Waals surface area contributed by atoms with Crippen molar-refractivity contribution in [3.05, 3.63) is 22.0 Å². The minimum atomic E-state index is 0.682. The van der Waals surface area contributed by atoms with Gasteiger partial charge in [-0.05, 0) is 35.0 Å². The average Bonchev–Trinajstić information content (AvgIpc) is 2.51. The van der Waals surface area contributed by atoms with Gasteiger partial charge < -0.3 is 10.5 Å². The molecule has 0 aliphatic carbocycles. The van der Waals surface area contributed by atoms with Crippen molar-refractivity contribution in [2.45, 2.75) is 6.92 Å². The van der Waals surface area contributed by atoms with Crippen molar-refractivity contribution in [3.8, 4) is 5.75 Å². The predicted octanol–water partition coefficient (Wildman–Crippen LogP) is 3.64. The Morgan fingerprint density at radius 3 is 3.00 bits per heavy atom. The number of rotatable bonds is 2. The fourth-order valence-electron chi connectivity index (χ4n) is 1.31. The first-order valence-electron chi connectivity index (χ1n) is 4.31. The van der Waals surface area contributed by atoms with Crippen molar-refractivity contribution in [3.63, 3.8) is 0 Å². The first-order chi connectivity index (χ1) is 6.72. The highest BCUT2D eigenvalue weighted by molar-refractivity contribution is 9.10. The summed E-state index contributed by atoms with van der Waals surface area (Å²) in [6.45, 7) is 2.66. The number of hydrogen-bond donors (Lipinski definition) is 1. The molecule has 0 atom stereocenters. The maximum absolute atomic E-state index is 5.81. The van der Waals surface area contributed by atoms with Crippen molar-refractivity contribution in [2.24, 2.45) is 0 Å². The summed E-state index contributed by atoms with van der Waals surface area (Å²) in [4.78, 5) is 0. The first kappa shape index (κ1) is 9.80. The molecule has 0 saturated carbocycles. The lowest BCUT2D eigenvalue weighted by molar-refractivity contribution is 0.345. The number of nitrogen functional groups attached to an aromatic ring is 1. The quantitative estimate of drug-likeness (QED) is 0.847. The summed E-state index contributed by atoms with van der Waals surface area (Å²) in [7, 11) is 0. The molecule has 0 spiro atoms. The van der Waals surface area contributed by atoms with E-state index < -0.39 is 0 Å². The Morgan fingerprint density at radius 2 is 2.29 bits per heavy atom. The molecule has 14 heavy (non-hydrogen) atoms. The second kappa shape index (κ2) is 3.79. The normalized spacial score (nSPS) is 10.7. The Hall–Kier alpha value is -0.740. The minimum absolute atomic E-state index is 0.682. The van der Waals surface area contributed by atoms with Gasteiger partial charge in [-0.2, -0.15) is 0 Å². The van der Waals surface area contributed by atoms with E-state index in [2.05, 4.69) is 15.9 Å². The van der Waals surface area contributed by atoms with Crippen LogP contribution in [0.5, 0.6) is 5.75 Å². The van der Waals surface area contributed by atoms with Crippen LogP contribution in [0.3, 0.4) is 0 Å². The molecule has 1 aromatic heterocycles. The van der Waals surface area contributed by atoms with Gasteiger partial charge in [0.15, 0.2) is 0 Å². The third-order valence-electron chi connectivity index (χ3n) is 1.96. The molecule has 2 rings (SSSR count). The van der Waals surface area contributed by atoms with Crippen molar-refractivity contribution in [1.82, 2.24) is 0 Å². The summed E-state index contributed by atoms with van der Waals surface area (Å²) < 4.78 is 7.62. The van der Waals surface area contributed by atoms with Gasteiger partial charge in [-0.1, -0.05) is 0 Å². The molecule has 0 bridgehead atoms. The molecule has 1 heterocycles. The SMILES string of the molecule is CCOc1csc2cc(Br)c(N)cc12. The molecule has 0 radical (unpaired) electrons. The van der Waals surface area contributed by atoms with Gasteiger partial charge in [0.2, 0.25) is 0 Å². The van der Waals surface area contributed by atoms with Crippen LogP contribution in [0, 0.1) is 0 Å². The van der Waals surface area contributed by atoms with E-state index in [0.717, 1.165) is 21.3 Å². The number of anilines is 1. The predicted molar refractivity (Wildman–Crippen MR) is 65.1 cm³/mol. The van der Waals surface area contributed by atoms with E-state index in [1.165, 1.54) is 4.70 Å². The summed E-state index contributed by atoms with van der Waals surface area (Å²) in [5.74, 6) is 0.923. The molecule has 0 amide bonds. The van der Waals surface area contributed by atoms with Crippen LogP contribution in [0.25, 0.3) is 10.1 Å². The average molecular weight is 272 g/mol. The van der Waals surface area contributed by atoms with Crippen LogP contribution in [0.15, 0.2) is 22.0 Å². The standard InChI is InChI=1S/C10H10BrNOS/c1-2-13-9-5-14-10-4-7(11)8(12)3-6(9)10/h3-5H,2,12H2,1H3. The van der Waals surface area contributed by atoms with E-state index in [0.29, 0.717) is 6.61 Å². The smallest absolute Gasteiger partial charge is 0.137 e. The topological polar surface area (TPSA) is 35.2 Å². The zero-order valence-corrected chi connectivity index (χ0v) is 10.1. The van der Waals surface area contributed by atoms with E-state index in [1.54, 1.807) is 11.3 Å². The molecule has 0 aliphatic heterocycles. The highest BCUT2D eigenvalue weighted by atomic mass is 79.9. The molecule has 2 aromatic rings. The molecule has 0 unspecified atom stereocenters. The Balaban J connectivity index is 2.61. The van der Waals surface area contributed by atoms with Crippen molar-refractivity contribution in [1.29, 1.82) is 0 Å². The molecule has 4 heteroatoms. The number of nitrogens with two attached hydrogens (primary N) is 1. The molecule has 1 aromatic carbocycles. The number of ether oxygens (including phenoxy) is 1. The first-order valence-corrected chi connectivity index (χ1v) is 5.98. The van der Waals surface area contributed by atoms with Gasteiger partial charge in [0.1, 0.15) is 5.75 Å². The molecule has 0 aliphatic rings. The maximum atomic E-state index is 5.81. The number of fused-ring (bicyclic) bond motifs is 1. The number of hydrogen-bond acceptors (Lipinski definition) is 3. The summed E-state index contributed by atoms with van der Waals surface area (Å²) in [5, 5.41) is 3.11. The monoisotopic (exact) mass is 271 g/mol. The van der Waals surface area contributed by atoms with Gasteiger partial charge in [-0.25, -0.2) is 0 Å². The Labute approximate surface area is 94.8 Å². The van der Waals surface area contributed by atoms with Crippen LogP contribution in [0.2, 0.25) is 0 Å². The lowest BCUT2D eigenvalue weighted by atomic mass is 10.2. The minimum Gasteiger partial charge on any atom is -0.492 e. The molecule has 0 saturated heterocycles. The summed E-state index contributed by atoms with van der Waals surface area (Å²) in [6.07, 6.45) is 0. The van der Waals surface area contributed by atoms with Gasteiger partial charge in [-0.3, -0.25) is 0 Å². The Kier molecular flexibility index (Phi) is 2.65. The van der Waals surface area contributed by atoms with Gasteiger partial charge in [0.05, 0.1) is 6.61 Å². The van der Waals surface area contributed by atoms with E-state index in [4.69, 9.17) is 10.5 Å². The number of benzene rings is 1. The van der Waals surface area contributed by atoms with E-state index in [-0.39, 0.29) is 0 Å². The summed E-state index contributed by atoms with van der Waals surface area (Å²) in [5.41, 5.74) is 6.56. The largest absolute Gasteiger partial charge is 0.492 e. The van der Waals surface area contributed by atoms with Crippen LogP contribution in [0.1, 0.15) is 6.92 Å². The van der Waals surface area contributed by atoms with Crippen molar-refractivity contribution >= 4 is 43.0 Å². The van der Waals surface area contributed by atoms with Crippen LogP contribution in [0.4, 0.5) is 5.69 Å². The highest BCUT2D eigenvalue weighted by Gasteiger charge is 2.07. The maximum Gasteiger partial charge on any atom is 0.137 e. The molecule has 2 nitrogen and oxygen atoms in total. The lowest BCUT2D eigenvalue weighted by Crippen LogP contribution is -1.90. The van der Waals surface area contributed by atoms with E-state index in [1.807, 2.05) is 24.4 Å². The van der Waals surface area contributed by atoms with Crippen LogP contribution in [-0.4, -0.2) is 6.61 Å². The van der Waals surface area contributed by atoms with E-state index in [9.17, 15) is 0 Å². The molecular weight excluding hydrogens is 262 g/mol. The fourth-order valence-corrected chi connectivity index (χ4v) is 2.71. The Morgan fingerprint density at radius 1 is 1.50 bits per heavy atom. The summed E-state index contributed by atoms with van der Waals surface area (Å²) in [6, 6.07) is 3.97. The summed E-state index contributed by atoms with van der Waals surface area (Å²) >= 11 is 5.07. The van der Waals surface area contributed by atoms with Gasteiger partial charge in [0.25, 0.3) is 0 Å². The molecule has 74 valence electrons. The van der Waals surface area contributed by atoms with E-state index >= 15 is 0 Å².